The molecule has 1 atom stereocenters. The average molecular weight is 537 g/mol. The molecule has 1 aromatic heterocycles. The van der Waals surface area contributed by atoms with Crippen molar-refractivity contribution in [3.8, 4) is 5.75 Å². The van der Waals surface area contributed by atoms with Crippen LogP contribution in [0.2, 0.25) is 5.15 Å². The van der Waals surface area contributed by atoms with Gasteiger partial charge < -0.3 is 20.1 Å². The van der Waals surface area contributed by atoms with Gasteiger partial charge in [-0.2, -0.15) is 5.10 Å². The molecule has 2 amide bonds. The largest absolute Gasteiger partial charge is 0.444 e. The van der Waals surface area contributed by atoms with Crippen molar-refractivity contribution >= 4 is 29.6 Å². The van der Waals surface area contributed by atoms with Crippen LogP contribution in [0.25, 0.3) is 0 Å². The van der Waals surface area contributed by atoms with Crippen molar-refractivity contribution in [3.05, 3.63) is 46.5 Å². The maximum atomic E-state index is 14.8. The summed E-state index contributed by atoms with van der Waals surface area (Å²) in [5.74, 6) is -1.40. The van der Waals surface area contributed by atoms with E-state index in [1.54, 1.807) is 32.4 Å². The molecule has 1 heterocycles. The number of carbonyl (C=O) groups is 3. The van der Waals surface area contributed by atoms with E-state index in [-0.39, 0.29) is 29.4 Å². The molecule has 0 bridgehead atoms. The summed E-state index contributed by atoms with van der Waals surface area (Å²) >= 11 is 6.01. The van der Waals surface area contributed by atoms with Gasteiger partial charge in [-0.1, -0.05) is 31.0 Å². The van der Waals surface area contributed by atoms with Crippen LogP contribution in [0.4, 0.5) is 9.18 Å². The number of alkyl carbamates (subject to hydrolysis) is 1. The molecule has 1 saturated carbocycles. The minimum Gasteiger partial charge on any atom is -0.444 e. The molecular weight excluding hydrogens is 503 g/mol. The summed E-state index contributed by atoms with van der Waals surface area (Å²) in [6.45, 7) is 8.86. The maximum absolute atomic E-state index is 14.8. The second-order valence-electron chi connectivity index (χ2n) is 10.5. The molecule has 3 rings (SSSR count). The van der Waals surface area contributed by atoms with Crippen molar-refractivity contribution in [2.45, 2.75) is 84.5 Å². The molecule has 1 fully saturated rings. The Morgan fingerprint density at radius 2 is 1.89 bits per heavy atom. The summed E-state index contributed by atoms with van der Waals surface area (Å²) in [4.78, 5) is 37.7. The van der Waals surface area contributed by atoms with Gasteiger partial charge in [0.2, 0.25) is 0 Å². The molecule has 0 saturated heterocycles. The first kappa shape index (κ1) is 28.4. The standard InChI is InChI=1S/C26H34ClFN4O5/c1-6-26(5,30-24(35)37-25(2,3)4)23(34)36-18-11-10-17(19(28)12-18)14-29-22(33)20-13-21(27)31-32(20)15-16-8-7-9-16/h10-13,16H,6-9,14-15H2,1-5H3,(H,29,33)(H,30,35). The lowest BCUT2D eigenvalue weighted by molar-refractivity contribution is -0.141. The molecule has 0 radical (unpaired) electrons. The Morgan fingerprint density at radius 3 is 2.46 bits per heavy atom. The van der Waals surface area contributed by atoms with E-state index in [1.165, 1.54) is 31.5 Å². The fourth-order valence-corrected chi connectivity index (χ4v) is 3.86. The number of rotatable bonds is 9. The lowest BCUT2D eigenvalue weighted by Gasteiger charge is -2.29. The Morgan fingerprint density at radius 1 is 1.19 bits per heavy atom. The summed E-state index contributed by atoms with van der Waals surface area (Å²) < 4.78 is 26.9. The van der Waals surface area contributed by atoms with Crippen LogP contribution >= 0.6 is 11.6 Å². The van der Waals surface area contributed by atoms with Crippen molar-refractivity contribution in [2.24, 2.45) is 5.92 Å². The first-order chi connectivity index (χ1) is 17.3. The SMILES string of the molecule is CCC(C)(NC(=O)OC(C)(C)C)C(=O)Oc1ccc(CNC(=O)c2cc(Cl)nn2CC2CCC2)c(F)c1. The number of aromatic nitrogens is 2. The van der Waals surface area contributed by atoms with Crippen LogP contribution < -0.4 is 15.4 Å². The zero-order chi connectivity index (χ0) is 27.4. The van der Waals surface area contributed by atoms with Gasteiger partial charge in [-0.25, -0.2) is 14.0 Å². The quantitative estimate of drug-likeness (QED) is 0.344. The van der Waals surface area contributed by atoms with E-state index >= 15 is 0 Å². The number of benzene rings is 1. The number of carbonyl (C=O) groups excluding carboxylic acids is 3. The lowest BCUT2D eigenvalue weighted by Crippen LogP contribution is -2.54. The third-order valence-corrected chi connectivity index (χ3v) is 6.43. The van der Waals surface area contributed by atoms with E-state index in [0.29, 0.717) is 18.2 Å². The number of nitrogens with zero attached hydrogens (tertiary/aromatic N) is 2. The van der Waals surface area contributed by atoms with Crippen LogP contribution in [0.15, 0.2) is 24.3 Å². The highest BCUT2D eigenvalue weighted by Gasteiger charge is 2.37. The predicted molar refractivity (Wildman–Crippen MR) is 136 cm³/mol. The van der Waals surface area contributed by atoms with E-state index in [0.717, 1.165) is 18.9 Å². The van der Waals surface area contributed by atoms with Crippen LogP contribution in [0.3, 0.4) is 0 Å². The molecule has 202 valence electrons. The van der Waals surface area contributed by atoms with Crippen LogP contribution in [0.1, 0.15) is 76.4 Å². The number of halogens is 2. The fraction of sp³-hybridized carbons (Fsp3) is 0.538. The molecule has 0 aliphatic heterocycles. The van der Waals surface area contributed by atoms with Gasteiger partial charge in [0.1, 0.15) is 28.4 Å². The van der Waals surface area contributed by atoms with Gasteiger partial charge in [-0.15, -0.1) is 0 Å². The monoisotopic (exact) mass is 536 g/mol. The summed E-state index contributed by atoms with van der Waals surface area (Å²) in [5.41, 5.74) is -1.59. The third-order valence-electron chi connectivity index (χ3n) is 6.25. The van der Waals surface area contributed by atoms with Crippen molar-refractivity contribution in [1.29, 1.82) is 0 Å². The van der Waals surface area contributed by atoms with E-state index in [9.17, 15) is 18.8 Å². The smallest absolute Gasteiger partial charge is 0.408 e. The number of nitrogens with one attached hydrogen (secondary N) is 2. The molecule has 1 unspecified atom stereocenters. The molecule has 1 aliphatic carbocycles. The zero-order valence-corrected chi connectivity index (χ0v) is 22.6. The maximum Gasteiger partial charge on any atom is 0.408 e. The number of hydrogen-bond donors (Lipinski definition) is 2. The molecule has 9 nitrogen and oxygen atoms in total. The van der Waals surface area contributed by atoms with Crippen LogP contribution in [-0.4, -0.2) is 38.9 Å². The molecule has 37 heavy (non-hydrogen) atoms. The second kappa shape index (κ2) is 11.5. The molecule has 0 spiro atoms. The Bertz CT molecular complexity index is 1160. The minimum atomic E-state index is -1.38. The van der Waals surface area contributed by atoms with E-state index < -0.39 is 34.9 Å². The fourth-order valence-electron chi connectivity index (χ4n) is 3.66. The van der Waals surface area contributed by atoms with Gasteiger partial charge in [-0.3, -0.25) is 9.48 Å². The van der Waals surface area contributed by atoms with Crippen molar-refractivity contribution in [3.63, 3.8) is 0 Å². The van der Waals surface area contributed by atoms with Gasteiger partial charge in [-0.05, 0) is 58.9 Å². The number of hydrogen-bond acceptors (Lipinski definition) is 6. The van der Waals surface area contributed by atoms with Crippen LogP contribution in [0.5, 0.6) is 5.75 Å². The van der Waals surface area contributed by atoms with Gasteiger partial charge in [0.15, 0.2) is 5.15 Å². The summed E-state index contributed by atoms with van der Waals surface area (Å²) in [7, 11) is 0. The number of ether oxygens (including phenoxy) is 2. The Kier molecular flexibility index (Phi) is 8.84. The normalized spacial score (nSPS) is 15.3. The Balaban J connectivity index is 1.60. The molecule has 1 aromatic carbocycles. The first-order valence-electron chi connectivity index (χ1n) is 12.3. The van der Waals surface area contributed by atoms with Crippen LogP contribution in [0, 0.1) is 11.7 Å². The summed E-state index contributed by atoms with van der Waals surface area (Å²) in [6.07, 6.45) is 2.81. The Labute approximate surface area is 221 Å². The molecule has 2 aromatic rings. The lowest BCUT2D eigenvalue weighted by atomic mass is 9.85. The summed E-state index contributed by atoms with van der Waals surface area (Å²) in [5, 5.41) is 9.63. The van der Waals surface area contributed by atoms with Crippen molar-refractivity contribution < 1.29 is 28.2 Å². The number of amides is 2. The van der Waals surface area contributed by atoms with Gasteiger partial charge >= 0.3 is 12.1 Å². The van der Waals surface area contributed by atoms with Gasteiger partial charge in [0.25, 0.3) is 5.91 Å². The van der Waals surface area contributed by atoms with E-state index in [1.807, 2.05) is 0 Å². The Hall–Kier alpha value is -3.14. The highest BCUT2D eigenvalue weighted by atomic mass is 35.5. The predicted octanol–water partition coefficient (Wildman–Crippen LogP) is 5.00. The third kappa shape index (κ3) is 7.67. The molecule has 11 heteroatoms. The zero-order valence-electron chi connectivity index (χ0n) is 21.8. The van der Waals surface area contributed by atoms with Crippen molar-refractivity contribution in [2.75, 3.05) is 0 Å². The minimum absolute atomic E-state index is 0.0337. The van der Waals surface area contributed by atoms with E-state index in [4.69, 9.17) is 21.1 Å². The second-order valence-corrected chi connectivity index (χ2v) is 10.9. The molecule has 2 N–H and O–H groups in total. The highest BCUT2D eigenvalue weighted by Crippen LogP contribution is 2.28. The van der Waals surface area contributed by atoms with Gasteiger partial charge in [0, 0.05) is 30.8 Å². The van der Waals surface area contributed by atoms with E-state index in [2.05, 4.69) is 15.7 Å². The number of esters is 1. The van der Waals surface area contributed by atoms with Gasteiger partial charge in [0.05, 0.1) is 0 Å². The van der Waals surface area contributed by atoms with Crippen LogP contribution in [-0.2, 0) is 22.6 Å². The molecular formula is C26H34ClFN4O5. The highest BCUT2D eigenvalue weighted by molar-refractivity contribution is 6.29. The topological polar surface area (TPSA) is 112 Å². The van der Waals surface area contributed by atoms with Crippen molar-refractivity contribution in [1.82, 2.24) is 20.4 Å². The summed E-state index contributed by atoms with van der Waals surface area (Å²) in [6, 6.07) is 5.39. The first-order valence-corrected chi connectivity index (χ1v) is 12.7. The molecule has 1 aliphatic rings. The average Bonchev–Trinajstić information content (AvgIpc) is 3.14.